The summed E-state index contributed by atoms with van der Waals surface area (Å²) >= 11 is 5.96. The third-order valence-electron chi connectivity index (χ3n) is 3.49. The molecular formula is C14H15ClN4O2. The predicted octanol–water partition coefficient (Wildman–Crippen LogP) is 1.88. The lowest BCUT2D eigenvalue weighted by molar-refractivity contribution is -0.124. The van der Waals surface area contributed by atoms with Crippen molar-refractivity contribution >= 4 is 17.5 Å². The predicted molar refractivity (Wildman–Crippen MR) is 77.7 cm³/mol. The molecular weight excluding hydrogens is 292 g/mol. The lowest BCUT2D eigenvalue weighted by atomic mass is 10.2. The fourth-order valence-corrected chi connectivity index (χ4v) is 2.48. The number of piperazine rings is 1. The summed E-state index contributed by atoms with van der Waals surface area (Å²) in [5.74, 6) is 0.947. The SMILES string of the molecule is CC(c1nnc(-c2cccc(Cl)c2)o1)N1CCNC(=O)C1. The van der Waals surface area contributed by atoms with Gasteiger partial charge in [0, 0.05) is 23.7 Å². The molecule has 2 aromatic rings. The quantitative estimate of drug-likeness (QED) is 0.937. The highest BCUT2D eigenvalue weighted by Gasteiger charge is 2.26. The summed E-state index contributed by atoms with van der Waals surface area (Å²) in [5, 5.41) is 11.6. The summed E-state index contributed by atoms with van der Waals surface area (Å²) in [5.41, 5.74) is 0.782. The minimum Gasteiger partial charge on any atom is -0.419 e. The summed E-state index contributed by atoms with van der Waals surface area (Å²) in [7, 11) is 0. The lowest BCUT2D eigenvalue weighted by Gasteiger charge is -2.29. The zero-order valence-corrected chi connectivity index (χ0v) is 12.3. The van der Waals surface area contributed by atoms with Crippen LogP contribution in [0.2, 0.25) is 5.02 Å². The Morgan fingerprint density at radius 1 is 1.43 bits per heavy atom. The molecule has 1 aromatic carbocycles. The topological polar surface area (TPSA) is 71.3 Å². The van der Waals surface area contributed by atoms with Crippen LogP contribution in [0, 0.1) is 0 Å². The van der Waals surface area contributed by atoms with Crippen LogP contribution in [0.25, 0.3) is 11.5 Å². The molecule has 0 radical (unpaired) electrons. The van der Waals surface area contributed by atoms with Gasteiger partial charge in [0.25, 0.3) is 0 Å². The number of hydrogen-bond acceptors (Lipinski definition) is 5. The van der Waals surface area contributed by atoms with Gasteiger partial charge < -0.3 is 9.73 Å². The highest BCUT2D eigenvalue weighted by atomic mass is 35.5. The van der Waals surface area contributed by atoms with Crippen LogP contribution in [-0.2, 0) is 4.79 Å². The van der Waals surface area contributed by atoms with E-state index in [4.69, 9.17) is 16.0 Å². The smallest absolute Gasteiger partial charge is 0.247 e. The van der Waals surface area contributed by atoms with Gasteiger partial charge in [-0.2, -0.15) is 0 Å². The number of nitrogens with zero attached hydrogens (tertiary/aromatic N) is 3. The summed E-state index contributed by atoms with van der Waals surface area (Å²) < 4.78 is 5.72. The number of aromatic nitrogens is 2. The molecule has 0 saturated carbocycles. The molecule has 1 saturated heterocycles. The highest BCUT2D eigenvalue weighted by Crippen LogP contribution is 2.25. The van der Waals surface area contributed by atoms with Crippen molar-refractivity contribution in [2.75, 3.05) is 19.6 Å². The van der Waals surface area contributed by atoms with E-state index in [0.29, 0.717) is 29.9 Å². The zero-order valence-electron chi connectivity index (χ0n) is 11.5. The van der Waals surface area contributed by atoms with Gasteiger partial charge in [0.15, 0.2) is 0 Å². The summed E-state index contributed by atoms with van der Waals surface area (Å²) in [6.45, 7) is 3.70. The number of nitrogens with one attached hydrogen (secondary N) is 1. The molecule has 1 amide bonds. The molecule has 1 aliphatic rings. The lowest BCUT2D eigenvalue weighted by Crippen LogP contribution is -2.48. The molecule has 2 heterocycles. The first kappa shape index (κ1) is 14.0. The van der Waals surface area contributed by atoms with Crippen molar-refractivity contribution < 1.29 is 9.21 Å². The highest BCUT2D eigenvalue weighted by molar-refractivity contribution is 6.30. The molecule has 0 spiro atoms. The van der Waals surface area contributed by atoms with Gasteiger partial charge in [-0.15, -0.1) is 10.2 Å². The second-order valence-electron chi connectivity index (χ2n) is 4.95. The molecule has 1 N–H and O–H groups in total. The number of benzene rings is 1. The Morgan fingerprint density at radius 3 is 3.05 bits per heavy atom. The molecule has 3 rings (SSSR count). The van der Waals surface area contributed by atoms with Gasteiger partial charge in [0.1, 0.15) is 0 Å². The third-order valence-corrected chi connectivity index (χ3v) is 3.72. The number of halogens is 1. The average molecular weight is 307 g/mol. The normalized spacial score (nSPS) is 17.5. The maximum Gasteiger partial charge on any atom is 0.247 e. The van der Waals surface area contributed by atoms with Gasteiger partial charge in [-0.05, 0) is 25.1 Å². The second-order valence-corrected chi connectivity index (χ2v) is 5.39. The van der Waals surface area contributed by atoms with Crippen molar-refractivity contribution in [2.24, 2.45) is 0 Å². The van der Waals surface area contributed by atoms with E-state index in [1.165, 1.54) is 0 Å². The van der Waals surface area contributed by atoms with Crippen LogP contribution in [0.3, 0.4) is 0 Å². The average Bonchev–Trinajstić information content (AvgIpc) is 2.96. The van der Waals surface area contributed by atoms with Gasteiger partial charge >= 0.3 is 0 Å². The number of amides is 1. The van der Waals surface area contributed by atoms with Gasteiger partial charge in [-0.25, -0.2) is 0 Å². The maximum atomic E-state index is 11.4. The van der Waals surface area contributed by atoms with Crippen LogP contribution in [0.15, 0.2) is 28.7 Å². The molecule has 7 heteroatoms. The van der Waals surface area contributed by atoms with Crippen molar-refractivity contribution in [2.45, 2.75) is 13.0 Å². The van der Waals surface area contributed by atoms with Crippen LogP contribution in [0.5, 0.6) is 0 Å². The van der Waals surface area contributed by atoms with Gasteiger partial charge in [-0.1, -0.05) is 17.7 Å². The van der Waals surface area contributed by atoms with E-state index in [-0.39, 0.29) is 11.9 Å². The van der Waals surface area contributed by atoms with Crippen LogP contribution >= 0.6 is 11.6 Å². The zero-order chi connectivity index (χ0) is 14.8. The van der Waals surface area contributed by atoms with E-state index in [2.05, 4.69) is 15.5 Å². The monoisotopic (exact) mass is 306 g/mol. The molecule has 21 heavy (non-hydrogen) atoms. The molecule has 1 aromatic heterocycles. The van der Waals surface area contributed by atoms with Crippen LogP contribution < -0.4 is 5.32 Å². The summed E-state index contributed by atoms with van der Waals surface area (Å²) in [6, 6.07) is 7.16. The van der Waals surface area contributed by atoms with Crippen molar-refractivity contribution in [1.29, 1.82) is 0 Å². The molecule has 0 bridgehead atoms. The molecule has 1 fully saturated rings. The Hall–Kier alpha value is -1.92. The van der Waals surface area contributed by atoms with Gasteiger partial charge in [0.2, 0.25) is 17.7 Å². The molecule has 1 aliphatic heterocycles. The Bertz CT molecular complexity index is 658. The van der Waals surface area contributed by atoms with E-state index in [0.717, 1.165) is 12.1 Å². The number of carbonyl (C=O) groups excluding carboxylic acids is 1. The molecule has 0 aliphatic carbocycles. The number of hydrogen-bond donors (Lipinski definition) is 1. The maximum absolute atomic E-state index is 11.4. The molecule has 1 atom stereocenters. The minimum atomic E-state index is -0.100. The number of carbonyl (C=O) groups is 1. The van der Waals surface area contributed by atoms with Crippen LogP contribution in [0.1, 0.15) is 18.9 Å². The van der Waals surface area contributed by atoms with E-state index < -0.39 is 0 Å². The Balaban J connectivity index is 1.79. The van der Waals surface area contributed by atoms with Gasteiger partial charge in [-0.3, -0.25) is 9.69 Å². The van der Waals surface area contributed by atoms with E-state index >= 15 is 0 Å². The standard InChI is InChI=1S/C14H15ClN4O2/c1-9(19-6-5-16-12(20)8-19)13-17-18-14(21-13)10-3-2-4-11(15)7-10/h2-4,7,9H,5-6,8H2,1H3,(H,16,20). The first-order chi connectivity index (χ1) is 10.1. The van der Waals surface area contributed by atoms with E-state index in [1.807, 2.05) is 24.0 Å². The fraction of sp³-hybridized carbons (Fsp3) is 0.357. The van der Waals surface area contributed by atoms with Crippen LogP contribution in [0.4, 0.5) is 0 Å². The Kier molecular flexibility index (Phi) is 3.90. The van der Waals surface area contributed by atoms with Crippen molar-refractivity contribution in [3.8, 4) is 11.5 Å². The minimum absolute atomic E-state index is 0.0164. The molecule has 1 unspecified atom stereocenters. The Labute approximate surface area is 127 Å². The summed E-state index contributed by atoms with van der Waals surface area (Å²) in [6.07, 6.45) is 0. The first-order valence-electron chi connectivity index (χ1n) is 6.73. The molecule has 110 valence electrons. The van der Waals surface area contributed by atoms with E-state index in [9.17, 15) is 4.79 Å². The van der Waals surface area contributed by atoms with Crippen LogP contribution in [-0.4, -0.2) is 40.6 Å². The van der Waals surface area contributed by atoms with E-state index in [1.54, 1.807) is 12.1 Å². The Morgan fingerprint density at radius 2 is 2.29 bits per heavy atom. The number of rotatable bonds is 3. The fourth-order valence-electron chi connectivity index (χ4n) is 2.29. The molecule has 6 nitrogen and oxygen atoms in total. The summed E-state index contributed by atoms with van der Waals surface area (Å²) in [4.78, 5) is 13.4. The van der Waals surface area contributed by atoms with Crippen molar-refractivity contribution in [1.82, 2.24) is 20.4 Å². The van der Waals surface area contributed by atoms with Crippen molar-refractivity contribution in [3.63, 3.8) is 0 Å². The third kappa shape index (κ3) is 3.06. The van der Waals surface area contributed by atoms with Crippen molar-refractivity contribution in [3.05, 3.63) is 35.2 Å². The largest absolute Gasteiger partial charge is 0.419 e. The van der Waals surface area contributed by atoms with Gasteiger partial charge in [0.05, 0.1) is 12.6 Å². The second kappa shape index (κ2) is 5.83. The first-order valence-corrected chi connectivity index (χ1v) is 7.11.